The first-order valence-electron chi connectivity index (χ1n) is 8.04. The number of rotatable bonds is 6. The van der Waals surface area contributed by atoms with E-state index in [1.54, 1.807) is 4.90 Å². The number of likely N-dealkylation sites (tertiary alicyclic amines) is 1. The molecule has 0 aliphatic carbocycles. The van der Waals surface area contributed by atoms with Crippen molar-refractivity contribution in [1.82, 2.24) is 10.2 Å². The molecule has 1 atom stereocenters. The summed E-state index contributed by atoms with van der Waals surface area (Å²) in [6.07, 6.45) is 1.05. The van der Waals surface area contributed by atoms with Crippen LogP contribution in [0.3, 0.4) is 0 Å². The predicted molar refractivity (Wildman–Crippen MR) is 87.2 cm³/mol. The van der Waals surface area contributed by atoms with E-state index < -0.39 is 12.0 Å². The Labute approximate surface area is 141 Å². The third kappa shape index (κ3) is 5.21. The SMILES string of the molecule is COC(=O)[C@@H](CO)NC1CCN(C(=O)OCc2ccccc2)CC1. The minimum absolute atomic E-state index is 0.0550. The van der Waals surface area contributed by atoms with Crippen LogP contribution >= 0.6 is 0 Å². The van der Waals surface area contributed by atoms with E-state index in [4.69, 9.17) is 4.74 Å². The number of benzene rings is 1. The van der Waals surface area contributed by atoms with Crippen LogP contribution < -0.4 is 5.32 Å². The number of hydrogen-bond donors (Lipinski definition) is 2. The van der Waals surface area contributed by atoms with Crippen LogP contribution in [0.2, 0.25) is 0 Å². The summed E-state index contributed by atoms with van der Waals surface area (Å²) in [5.74, 6) is -0.484. The number of carbonyl (C=O) groups is 2. The molecule has 1 aromatic carbocycles. The van der Waals surface area contributed by atoms with Crippen LogP contribution in [-0.2, 0) is 20.9 Å². The fourth-order valence-electron chi connectivity index (χ4n) is 2.66. The number of nitrogens with zero attached hydrogens (tertiary/aromatic N) is 1. The van der Waals surface area contributed by atoms with E-state index in [1.807, 2.05) is 30.3 Å². The molecule has 1 amide bonds. The van der Waals surface area contributed by atoms with E-state index in [-0.39, 0.29) is 25.3 Å². The van der Waals surface area contributed by atoms with Gasteiger partial charge in [0.05, 0.1) is 13.7 Å². The van der Waals surface area contributed by atoms with Gasteiger partial charge < -0.3 is 19.5 Å². The molecule has 1 fully saturated rings. The van der Waals surface area contributed by atoms with Crippen LogP contribution in [-0.4, -0.2) is 61.0 Å². The molecule has 7 heteroatoms. The fraction of sp³-hybridized carbons (Fsp3) is 0.529. The number of ether oxygens (including phenoxy) is 2. The van der Waals surface area contributed by atoms with Crippen LogP contribution in [0, 0.1) is 0 Å². The number of hydrogen-bond acceptors (Lipinski definition) is 6. The monoisotopic (exact) mass is 336 g/mol. The molecule has 0 radical (unpaired) electrons. The van der Waals surface area contributed by atoms with Gasteiger partial charge in [0.25, 0.3) is 0 Å². The molecule has 0 bridgehead atoms. The van der Waals surface area contributed by atoms with Crippen molar-refractivity contribution in [3.63, 3.8) is 0 Å². The van der Waals surface area contributed by atoms with Crippen molar-refractivity contribution >= 4 is 12.1 Å². The fourth-order valence-corrected chi connectivity index (χ4v) is 2.66. The second-order valence-electron chi connectivity index (χ2n) is 5.73. The summed E-state index contributed by atoms with van der Waals surface area (Å²) in [7, 11) is 1.29. The van der Waals surface area contributed by atoms with E-state index in [0.717, 1.165) is 5.56 Å². The smallest absolute Gasteiger partial charge is 0.410 e. The molecule has 0 aromatic heterocycles. The number of methoxy groups -OCH3 is 1. The normalized spacial score (nSPS) is 16.5. The van der Waals surface area contributed by atoms with Gasteiger partial charge in [0.2, 0.25) is 0 Å². The number of piperidine rings is 1. The van der Waals surface area contributed by atoms with E-state index in [2.05, 4.69) is 10.1 Å². The molecule has 132 valence electrons. The highest BCUT2D eigenvalue weighted by Gasteiger charge is 2.27. The molecule has 1 aliphatic heterocycles. The van der Waals surface area contributed by atoms with Gasteiger partial charge in [-0.15, -0.1) is 0 Å². The van der Waals surface area contributed by atoms with Crippen LogP contribution in [0.1, 0.15) is 18.4 Å². The zero-order chi connectivity index (χ0) is 17.4. The summed E-state index contributed by atoms with van der Waals surface area (Å²) >= 11 is 0. The van der Waals surface area contributed by atoms with E-state index in [1.165, 1.54) is 7.11 Å². The summed E-state index contributed by atoms with van der Waals surface area (Å²) in [5.41, 5.74) is 0.950. The van der Waals surface area contributed by atoms with Gasteiger partial charge in [0, 0.05) is 19.1 Å². The number of aliphatic hydroxyl groups excluding tert-OH is 1. The summed E-state index contributed by atoms with van der Waals surface area (Å²) in [4.78, 5) is 25.2. The topological polar surface area (TPSA) is 88.1 Å². The van der Waals surface area contributed by atoms with Gasteiger partial charge in [-0.2, -0.15) is 0 Å². The predicted octanol–water partition coefficient (Wildman–Crippen LogP) is 0.911. The maximum Gasteiger partial charge on any atom is 0.410 e. The van der Waals surface area contributed by atoms with Crippen LogP contribution in [0.15, 0.2) is 30.3 Å². The zero-order valence-electron chi connectivity index (χ0n) is 13.8. The molecular formula is C17H24N2O5. The van der Waals surface area contributed by atoms with E-state index in [0.29, 0.717) is 25.9 Å². The van der Waals surface area contributed by atoms with Crippen molar-refractivity contribution in [2.45, 2.75) is 31.5 Å². The van der Waals surface area contributed by atoms with Gasteiger partial charge in [0.15, 0.2) is 0 Å². The van der Waals surface area contributed by atoms with Crippen molar-refractivity contribution in [2.24, 2.45) is 0 Å². The maximum absolute atomic E-state index is 12.1. The Morgan fingerprint density at radius 2 is 1.96 bits per heavy atom. The Hall–Kier alpha value is -2.12. The average molecular weight is 336 g/mol. The molecule has 2 rings (SSSR count). The van der Waals surface area contributed by atoms with Crippen LogP contribution in [0.5, 0.6) is 0 Å². The van der Waals surface area contributed by atoms with E-state index in [9.17, 15) is 14.7 Å². The molecule has 0 unspecified atom stereocenters. The van der Waals surface area contributed by atoms with Crippen molar-refractivity contribution in [2.75, 3.05) is 26.8 Å². The lowest BCUT2D eigenvalue weighted by Gasteiger charge is -2.33. The molecule has 2 N–H and O–H groups in total. The molecule has 1 heterocycles. The first-order valence-corrected chi connectivity index (χ1v) is 8.04. The van der Waals surface area contributed by atoms with Gasteiger partial charge in [-0.05, 0) is 18.4 Å². The van der Waals surface area contributed by atoms with Crippen LogP contribution in [0.25, 0.3) is 0 Å². The number of esters is 1. The van der Waals surface area contributed by atoms with Crippen molar-refractivity contribution in [3.05, 3.63) is 35.9 Å². The lowest BCUT2D eigenvalue weighted by atomic mass is 10.0. The summed E-state index contributed by atoms with van der Waals surface area (Å²) < 4.78 is 9.95. The summed E-state index contributed by atoms with van der Waals surface area (Å²) in [6, 6.07) is 8.86. The quantitative estimate of drug-likeness (QED) is 0.751. The molecule has 0 spiro atoms. The number of carbonyl (C=O) groups excluding carboxylic acids is 2. The molecule has 7 nitrogen and oxygen atoms in total. The van der Waals surface area contributed by atoms with Gasteiger partial charge in [0.1, 0.15) is 12.6 Å². The summed E-state index contributed by atoms with van der Waals surface area (Å²) in [5, 5.41) is 12.3. The maximum atomic E-state index is 12.1. The minimum atomic E-state index is -0.725. The highest BCUT2D eigenvalue weighted by Crippen LogP contribution is 2.13. The third-order valence-electron chi connectivity index (χ3n) is 4.06. The zero-order valence-corrected chi connectivity index (χ0v) is 13.8. The molecule has 0 saturated carbocycles. The summed E-state index contributed by atoms with van der Waals surface area (Å²) in [6.45, 7) is 1.04. The van der Waals surface area contributed by atoms with Gasteiger partial charge >= 0.3 is 12.1 Å². The lowest BCUT2D eigenvalue weighted by Crippen LogP contribution is -2.51. The highest BCUT2D eigenvalue weighted by molar-refractivity contribution is 5.75. The lowest BCUT2D eigenvalue weighted by molar-refractivity contribution is -0.144. The number of aliphatic hydroxyl groups is 1. The minimum Gasteiger partial charge on any atom is -0.468 e. The van der Waals surface area contributed by atoms with Gasteiger partial charge in [-0.3, -0.25) is 10.1 Å². The highest BCUT2D eigenvalue weighted by atomic mass is 16.6. The Morgan fingerprint density at radius 3 is 2.54 bits per heavy atom. The first kappa shape index (κ1) is 18.2. The molecule has 24 heavy (non-hydrogen) atoms. The van der Waals surface area contributed by atoms with Crippen molar-refractivity contribution in [3.8, 4) is 0 Å². The van der Waals surface area contributed by atoms with Crippen LogP contribution in [0.4, 0.5) is 4.79 Å². The van der Waals surface area contributed by atoms with Gasteiger partial charge in [-0.1, -0.05) is 30.3 Å². The number of amides is 1. The third-order valence-corrected chi connectivity index (χ3v) is 4.06. The second-order valence-corrected chi connectivity index (χ2v) is 5.73. The largest absolute Gasteiger partial charge is 0.468 e. The Bertz CT molecular complexity index is 529. The number of nitrogens with one attached hydrogen (secondary N) is 1. The first-order chi connectivity index (χ1) is 11.6. The Kier molecular flexibility index (Phi) is 7.02. The molecule has 1 saturated heterocycles. The Balaban J connectivity index is 1.73. The van der Waals surface area contributed by atoms with Gasteiger partial charge in [-0.25, -0.2) is 4.79 Å². The molecule has 1 aromatic rings. The Morgan fingerprint density at radius 1 is 1.29 bits per heavy atom. The van der Waals surface area contributed by atoms with Crippen molar-refractivity contribution in [1.29, 1.82) is 0 Å². The molecular weight excluding hydrogens is 312 g/mol. The second kappa shape index (κ2) is 9.24. The molecule has 1 aliphatic rings. The standard InChI is InChI=1S/C17H24N2O5/c1-23-16(21)15(11-20)18-14-7-9-19(10-8-14)17(22)24-12-13-5-3-2-4-6-13/h2-6,14-15,18,20H,7-12H2,1H3/t15-/m1/s1. The average Bonchev–Trinajstić information content (AvgIpc) is 2.64. The van der Waals surface area contributed by atoms with E-state index >= 15 is 0 Å². The van der Waals surface area contributed by atoms with Crippen molar-refractivity contribution < 1.29 is 24.2 Å².